The summed E-state index contributed by atoms with van der Waals surface area (Å²) in [5, 5.41) is 8.13. The molecule has 0 fully saturated rings. The van der Waals surface area contributed by atoms with Gasteiger partial charge in [0.1, 0.15) is 0 Å². The van der Waals surface area contributed by atoms with Gasteiger partial charge in [0.25, 0.3) is 0 Å². The lowest BCUT2D eigenvalue weighted by Crippen LogP contribution is -2.24. The standard InChI is InChI=1S/C10H12ClN3/c1-3-7-14(8-4-2)10-6-5-9(11)12-13-10/h3-6H,1-2,7-8H2. The average molecular weight is 210 g/mol. The first-order valence-corrected chi connectivity index (χ1v) is 4.61. The van der Waals surface area contributed by atoms with Crippen molar-refractivity contribution in [1.29, 1.82) is 0 Å². The zero-order valence-electron chi connectivity index (χ0n) is 7.86. The summed E-state index contributed by atoms with van der Waals surface area (Å²) in [7, 11) is 0. The molecule has 14 heavy (non-hydrogen) atoms. The molecule has 0 aromatic carbocycles. The maximum absolute atomic E-state index is 5.64. The third kappa shape index (κ3) is 2.85. The Morgan fingerprint density at radius 2 is 1.86 bits per heavy atom. The van der Waals surface area contributed by atoms with Crippen LogP contribution in [0.15, 0.2) is 37.4 Å². The summed E-state index contributed by atoms with van der Waals surface area (Å²) in [5.74, 6) is 0.772. The minimum Gasteiger partial charge on any atom is -0.348 e. The molecular weight excluding hydrogens is 198 g/mol. The summed E-state index contributed by atoms with van der Waals surface area (Å²) in [6.07, 6.45) is 3.61. The zero-order valence-corrected chi connectivity index (χ0v) is 8.61. The van der Waals surface area contributed by atoms with E-state index in [0.29, 0.717) is 18.2 Å². The molecule has 0 spiro atoms. The van der Waals surface area contributed by atoms with E-state index in [1.807, 2.05) is 11.0 Å². The van der Waals surface area contributed by atoms with E-state index in [2.05, 4.69) is 23.4 Å². The van der Waals surface area contributed by atoms with Crippen molar-refractivity contribution in [3.05, 3.63) is 42.6 Å². The minimum absolute atomic E-state index is 0.394. The van der Waals surface area contributed by atoms with Crippen molar-refractivity contribution in [1.82, 2.24) is 10.2 Å². The molecule has 0 aliphatic carbocycles. The molecule has 1 aromatic rings. The largest absolute Gasteiger partial charge is 0.348 e. The molecule has 0 saturated heterocycles. The van der Waals surface area contributed by atoms with Gasteiger partial charge in [-0.25, -0.2) is 0 Å². The van der Waals surface area contributed by atoms with Crippen LogP contribution in [0.25, 0.3) is 0 Å². The molecule has 0 atom stereocenters. The predicted octanol–water partition coefficient (Wildman–Crippen LogP) is 2.31. The van der Waals surface area contributed by atoms with Crippen molar-refractivity contribution >= 4 is 17.4 Å². The van der Waals surface area contributed by atoms with E-state index in [-0.39, 0.29) is 0 Å². The summed E-state index contributed by atoms with van der Waals surface area (Å²) >= 11 is 5.64. The molecule has 0 radical (unpaired) electrons. The Morgan fingerprint density at radius 1 is 1.21 bits per heavy atom. The molecule has 0 bridgehead atoms. The van der Waals surface area contributed by atoms with Crippen molar-refractivity contribution in [2.75, 3.05) is 18.0 Å². The van der Waals surface area contributed by atoms with E-state index in [4.69, 9.17) is 11.6 Å². The SMILES string of the molecule is C=CCN(CC=C)c1ccc(Cl)nn1. The fourth-order valence-electron chi connectivity index (χ4n) is 1.05. The van der Waals surface area contributed by atoms with Gasteiger partial charge in [0, 0.05) is 13.1 Å². The highest BCUT2D eigenvalue weighted by Crippen LogP contribution is 2.11. The van der Waals surface area contributed by atoms with E-state index in [9.17, 15) is 0 Å². The van der Waals surface area contributed by atoms with Gasteiger partial charge in [-0.3, -0.25) is 0 Å². The van der Waals surface area contributed by atoms with E-state index in [1.54, 1.807) is 18.2 Å². The first-order valence-electron chi connectivity index (χ1n) is 4.24. The molecule has 1 aromatic heterocycles. The Kier molecular flexibility index (Phi) is 4.13. The second-order valence-electron chi connectivity index (χ2n) is 2.70. The van der Waals surface area contributed by atoms with Crippen LogP contribution in [-0.2, 0) is 0 Å². The molecule has 74 valence electrons. The first-order chi connectivity index (χ1) is 6.77. The Balaban J connectivity index is 2.80. The smallest absolute Gasteiger partial charge is 0.151 e. The molecule has 1 heterocycles. The molecule has 0 saturated carbocycles. The molecule has 0 amide bonds. The zero-order chi connectivity index (χ0) is 10.4. The normalized spacial score (nSPS) is 9.50. The van der Waals surface area contributed by atoms with E-state index in [1.165, 1.54) is 0 Å². The van der Waals surface area contributed by atoms with Crippen LogP contribution in [0, 0.1) is 0 Å². The van der Waals surface area contributed by atoms with Gasteiger partial charge in [0.2, 0.25) is 0 Å². The second kappa shape index (κ2) is 5.40. The van der Waals surface area contributed by atoms with Gasteiger partial charge in [0.05, 0.1) is 0 Å². The summed E-state index contributed by atoms with van der Waals surface area (Å²) in [5.41, 5.74) is 0. The molecule has 1 rings (SSSR count). The molecular formula is C10H12ClN3. The van der Waals surface area contributed by atoms with Gasteiger partial charge in [-0.05, 0) is 12.1 Å². The lowest BCUT2D eigenvalue weighted by atomic mass is 10.4. The van der Waals surface area contributed by atoms with Crippen LogP contribution in [0.3, 0.4) is 0 Å². The van der Waals surface area contributed by atoms with Crippen LogP contribution >= 0.6 is 11.6 Å². The molecule has 3 nitrogen and oxygen atoms in total. The van der Waals surface area contributed by atoms with Gasteiger partial charge in [-0.1, -0.05) is 23.8 Å². The van der Waals surface area contributed by atoms with Crippen LogP contribution in [0.5, 0.6) is 0 Å². The Bertz CT molecular complexity index is 298. The number of rotatable bonds is 5. The average Bonchev–Trinajstić information content (AvgIpc) is 2.19. The number of hydrogen-bond acceptors (Lipinski definition) is 3. The van der Waals surface area contributed by atoms with Crippen molar-refractivity contribution in [2.45, 2.75) is 0 Å². The number of halogens is 1. The fraction of sp³-hybridized carbons (Fsp3) is 0.200. The molecule has 0 aliphatic heterocycles. The topological polar surface area (TPSA) is 29.0 Å². The van der Waals surface area contributed by atoms with Gasteiger partial charge < -0.3 is 4.90 Å². The summed E-state index contributed by atoms with van der Waals surface area (Å²) < 4.78 is 0. The van der Waals surface area contributed by atoms with Crippen LogP contribution < -0.4 is 4.90 Å². The van der Waals surface area contributed by atoms with Gasteiger partial charge in [-0.2, -0.15) is 0 Å². The van der Waals surface area contributed by atoms with E-state index < -0.39 is 0 Å². The lowest BCUT2D eigenvalue weighted by molar-refractivity contribution is 0.886. The molecule has 0 aliphatic rings. The first kappa shape index (κ1) is 10.7. The predicted molar refractivity (Wildman–Crippen MR) is 59.6 cm³/mol. The maximum atomic E-state index is 5.64. The minimum atomic E-state index is 0.394. The van der Waals surface area contributed by atoms with Crippen molar-refractivity contribution in [2.24, 2.45) is 0 Å². The van der Waals surface area contributed by atoms with E-state index >= 15 is 0 Å². The van der Waals surface area contributed by atoms with Crippen LogP contribution in [-0.4, -0.2) is 23.3 Å². The van der Waals surface area contributed by atoms with Gasteiger partial charge in [-0.15, -0.1) is 23.4 Å². The quantitative estimate of drug-likeness (QED) is 0.697. The highest BCUT2D eigenvalue weighted by Gasteiger charge is 2.04. The second-order valence-corrected chi connectivity index (χ2v) is 3.08. The number of aromatic nitrogens is 2. The van der Waals surface area contributed by atoms with Crippen LogP contribution in [0.2, 0.25) is 5.15 Å². The van der Waals surface area contributed by atoms with E-state index in [0.717, 1.165) is 5.82 Å². The third-order valence-electron chi connectivity index (χ3n) is 1.64. The maximum Gasteiger partial charge on any atom is 0.151 e. The van der Waals surface area contributed by atoms with Crippen LogP contribution in [0.1, 0.15) is 0 Å². The van der Waals surface area contributed by atoms with Gasteiger partial charge >= 0.3 is 0 Å². The van der Waals surface area contributed by atoms with Crippen LogP contribution in [0.4, 0.5) is 5.82 Å². The van der Waals surface area contributed by atoms with Crippen molar-refractivity contribution < 1.29 is 0 Å². The third-order valence-corrected chi connectivity index (χ3v) is 1.84. The molecule has 4 heteroatoms. The summed E-state index contributed by atoms with van der Waals surface area (Å²) in [4.78, 5) is 1.99. The summed E-state index contributed by atoms with van der Waals surface area (Å²) in [6.45, 7) is 8.77. The molecule has 0 N–H and O–H groups in total. The summed E-state index contributed by atoms with van der Waals surface area (Å²) in [6, 6.07) is 3.53. The number of hydrogen-bond donors (Lipinski definition) is 0. The van der Waals surface area contributed by atoms with Crippen molar-refractivity contribution in [3.63, 3.8) is 0 Å². The highest BCUT2D eigenvalue weighted by atomic mass is 35.5. The van der Waals surface area contributed by atoms with Crippen molar-refractivity contribution in [3.8, 4) is 0 Å². The lowest BCUT2D eigenvalue weighted by Gasteiger charge is -2.19. The monoisotopic (exact) mass is 209 g/mol. The number of nitrogens with zero attached hydrogens (tertiary/aromatic N) is 3. The van der Waals surface area contributed by atoms with Gasteiger partial charge in [0.15, 0.2) is 11.0 Å². The Labute approximate surface area is 88.7 Å². The number of anilines is 1. The Hall–Kier alpha value is -1.35. The molecule has 0 unspecified atom stereocenters. The fourth-order valence-corrected chi connectivity index (χ4v) is 1.15. The Morgan fingerprint density at radius 3 is 2.29 bits per heavy atom. The highest BCUT2D eigenvalue weighted by molar-refractivity contribution is 6.29.